The van der Waals surface area contributed by atoms with Crippen molar-refractivity contribution >= 4 is 28.7 Å². The Hall–Kier alpha value is -1.81. The number of benzene rings is 2. The van der Waals surface area contributed by atoms with E-state index in [9.17, 15) is 8.78 Å². The molecule has 0 aliphatic carbocycles. The minimum atomic E-state index is -0.900. The van der Waals surface area contributed by atoms with Crippen LogP contribution in [0.1, 0.15) is 5.56 Å². The lowest BCUT2D eigenvalue weighted by atomic mass is 10.2. The molecule has 0 atom stereocenters. The fourth-order valence-electron chi connectivity index (χ4n) is 1.77. The maximum Gasteiger partial charge on any atom is 0.160 e. The van der Waals surface area contributed by atoms with E-state index >= 15 is 0 Å². The van der Waals surface area contributed by atoms with Crippen LogP contribution in [0.15, 0.2) is 30.3 Å². The molecule has 0 aliphatic rings. The van der Waals surface area contributed by atoms with Crippen molar-refractivity contribution in [2.45, 2.75) is 6.92 Å². The normalized spacial score (nSPS) is 10.4. The molecular formula is C14H13ClF2N2. The summed E-state index contributed by atoms with van der Waals surface area (Å²) in [5.41, 5.74) is 2.84. The quantitative estimate of drug-likeness (QED) is 0.852. The molecule has 19 heavy (non-hydrogen) atoms. The largest absolute Gasteiger partial charge is 0.387 e. The maximum absolute atomic E-state index is 13.1. The van der Waals surface area contributed by atoms with Crippen LogP contribution in [0.4, 0.5) is 25.8 Å². The summed E-state index contributed by atoms with van der Waals surface area (Å²) in [4.78, 5) is 0. The summed E-state index contributed by atoms with van der Waals surface area (Å²) >= 11 is 6.21. The third-order valence-corrected chi connectivity index (χ3v) is 3.09. The Labute approximate surface area is 115 Å². The second-order valence-corrected chi connectivity index (χ2v) is 4.56. The van der Waals surface area contributed by atoms with Gasteiger partial charge >= 0.3 is 0 Å². The molecule has 0 amide bonds. The molecule has 0 radical (unpaired) electrons. The fraction of sp³-hybridized carbons (Fsp3) is 0.143. The van der Waals surface area contributed by atoms with Gasteiger partial charge in [0.15, 0.2) is 11.6 Å². The van der Waals surface area contributed by atoms with Gasteiger partial charge in [0.25, 0.3) is 0 Å². The lowest BCUT2D eigenvalue weighted by Gasteiger charge is -2.13. The van der Waals surface area contributed by atoms with Gasteiger partial charge < -0.3 is 10.6 Å². The zero-order valence-electron chi connectivity index (χ0n) is 10.5. The van der Waals surface area contributed by atoms with E-state index in [2.05, 4.69) is 10.6 Å². The van der Waals surface area contributed by atoms with Crippen LogP contribution in [-0.4, -0.2) is 7.05 Å². The van der Waals surface area contributed by atoms with Gasteiger partial charge in [0.05, 0.1) is 16.4 Å². The van der Waals surface area contributed by atoms with Crippen LogP contribution in [0.2, 0.25) is 5.02 Å². The van der Waals surface area contributed by atoms with Crippen molar-refractivity contribution < 1.29 is 8.78 Å². The Morgan fingerprint density at radius 2 is 1.68 bits per heavy atom. The van der Waals surface area contributed by atoms with Crippen LogP contribution in [0.25, 0.3) is 0 Å². The van der Waals surface area contributed by atoms with Crippen LogP contribution in [0.5, 0.6) is 0 Å². The van der Waals surface area contributed by atoms with Gasteiger partial charge in [0.2, 0.25) is 0 Å². The third kappa shape index (κ3) is 2.96. The Kier molecular flexibility index (Phi) is 3.90. The van der Waals surface area contributed by atoms with Crippen molar-refractivity contribution in [3.8, 4) is 0 Å². The van der Waals surface area contributed by atoms with Crippen LogP contribution < -0.4 is 10.6 Å². The van der Waals surface area contributed by atoms with Crippen LogP contribution in [0, 0.1) is 18.6 Å². The molecular weight excluding hydrogens is 270 g/mol. The van der Waals surface area contributed by atoms with Gasteiger partial charge in [-0.2, -0.15) is 0 Å². The molecule has 100 valence electrons. The molecule has 0 saturated heterocycles. The first-order valence-corrected chi connectivity index (χ1v) is 6.09. The Balaban J connectivity index is 2.37. The van der Waals surface area contributed by atoms with E-state index in [1.165, 1.54) is 6.07 Å². The van der Waals surface area contributed by atoms with E-state index in [-0.39, 0.29) is 0 Å². The summed E-state index contributed by atoms with van der Waals surface area (Å²) in [5.74, 6) is -1.78. The van der Waals surface area contributed by atoms with Crippen molar-refractivity contribution in [3.63, 3.8) is 0 Å². The highest BCUT2D eigenvalue weighted by molar-refractivity contribution is 6.36. The van der Waals surface area contributed by atoms with E-state index in [0.717, 1.165) is 23.4 Å². The monoisotopic (exact) mass is 282 g/mol. The molecule has 0 saturated carbocycles. The summed E-state index contributed by atoms with van der Waals surface area (Å²) in [7, 11) is 1.77. The second-order valence-electron chi connectivity index (χ2n) is 4.18. The first-order valence-electron chi connectivity index (χ1n) is 5.71. The Morgan fingerprint density at radius 3 is 2.32 bits per heavy atom. The predicted octanol–water partition coefficient (Wildman–Crippen LogP) is 4.71. The smallest absolute Gasteiger partial charge is 0.160 e. The lowest BCUT2D eigenvalue weighted by molar-refractivity contribution is 0.509. The predicted molar refractivity (Wildman–Crippen MR) is 75.4 cm³/mol. The molecule has 2 N–H and O–H groups in total. The highest BCUT2D eigenvalue weighted by Crippen LogP contribution is 2.33. The first kappa shape index (κ1) is 13.6. The number of rotatable bonds is 3. The number of nitrogens with one attached hydrogen (secondary N) is 2. The molecule has 0 bridgehead atoms. The van der Waals surface area contributed by atoms with E-state index in [0.29, 0.717) is 16.4 Å². The first-order chi connectivity index (χ1) is 9.01. The molecule has 0 aromatic heterocycles. The van der Waals surface area contributed by atoms with E-state index < -0.39 is 11.6 Å². The Bertz CT molecular complexity index is 615. The topological polar surface area (TPSA) is 24.1 Å². The standard InChI is InChI=1S/C14H13ClF2N2/c1-8-5-12(18-2)14(15)13(6-8)19-9-3-4-10(16)11(17)7-9/h3-7,18-19H,1-2H3. The van der Waals surface area contributed by atoms with Crippen LogP contribution >= 0.6 is 11.6 Å². The summed E-state index contributed by atoms with van der Waals surface area (Å²) in [6.45, 7) is 1.92. The number of hydrogen-bond acceptors (Lipinski definition) is 2. The van der Waals surface area contributed by atoms with E-state index in [4.69, 9.17) is 11.6 Å². The SMILES string of the molecule is CNc1cc(C)cc(Nc2ccc(F)c(F)c2)c1Cl. The van der Waals surface area contributed by atoms with Gasteiger partial charge in [-0.15, -0.1) is 0 Å². The van der Waals surface area contributed by atoms with Crippen molar-refractivity contribution in [2.75, 3.05) is 17.7 Å². The molecule has 0 spiro atoms. The zero-order valence-corrected chi connectivity index (χ0v) is 11.3. The van der Waals surface area contributed by atoms with Crippen molar-refractivity contribution in [3.05, 3.63) is 52.6 Å². The number of aryl methyl sites for hydroxylation is 1. The summed E-state index contributed by atoms with van der Waals surface area (Å²) in [5, 5.41) is 6.45. The van der Waals surface area contributed by atoms with Gasteiger partial charge in [-0.25, -0.2) is 8.78 Å². The minimum Gasteiger partial charge on any atom is -0.387 e. The third-order valence-electron chi connectivity index (χ3n) is 2.68. The second kappa shape index (κ2) is 5.45. The van der Waals surface area contributed by atoms with Crippen LogP contribution in [-0.2, 0) is 0 Å². The highest BCUT2D eigenvalue weighted by Gasteiger charge is 2.08. The van der Waals surface area contributed by atoms with Gasteiger partial charge in [0.1, 0.15) is 0 Å². The minimum absolute atomic E-state index is 0.438. The molecule has 0 fully saturated rings. The molecule has 2 nitrogen and oxygen atoms in total. The lowest BCUT2D eigenvalue weighted by Crippen LogP contribution is -1.97. The van der Waals surface area contributed by atoms with E-state index in [1.807, 2.05) is 19.1 Å². The van der Waals surface area contributed by atoms with Gasteiger partial charge in [-0.1, -0.05) is 11.6 Å². The van der Waals surface area contributed by atoms with Crippen molar-refractivity contribution in [1.29, 1.82) is 0 Å². The molecule has 2 aromatic rings. The number of anilines is 3. The van der Waals surface area contributed by atoms with Crippen LogP contribution in [0.3, 0.4) is 0 Å². The molecule has 2 aromatic carbocycles. The molecule has 2 rings (SSSR count). The van der Waals surface area contributed by atoms with Crippen molar-refractivity contribution in [1.82, 2.24) is 0 Å². The summed E-state index contributed by atoms with van der Waals surface area (Å²) < 4.78 is 26.0. The van der Waals surface area contributed by atoms with E-state index in [1.54, 1.807) is 7.05 Å². The van der Waals surface area contributed by atoms with Gasteiger partial charge in [-0.05, 0) is 36.8 Å². The van der Waals surface area contributed by atoms with Gasteiger partial charge in [-0.3, -0.25) is 0 Å². The highest BCUT2D eigenvalue weighted by atomic mass is 35.5. The summed E-state index contributed by atoms with van der Waals surface area (Å²) in [6, 6.07) is 7.35. The van der Waals surface area contributed by atoms with Crippen molar-refractivity contribution in [2.24, 2.45) is 0 Å². The average molecular weight is 283 g/mol. The molecule has 5 heteroatoms. The molecule has 0 unspecified atom stereocenters. The fourth-order valence-corrected chi connectivity index (χ4v) is 2.02. The average Bonchev–Trinajstić information content (AvgIpc) is 2.37. The number of halogens is 3. The van der Waals surface area contributed by atoms with Gasteiger partial charge in [0, 0.05) is 18.8 Å². The number of hydrogen-bond donors (Lipinski definition) is 2. The zero-order chi connectivity index (χ0) is 14.0. The molecule has 0 heterocycles. The summed E-state index contributed by atoms with van der Waals surface area (Å²) in [6.07, 6.45) is 0. The Morgan fingerprint density at radius 1 is 1.00 bits per heavy atom. The molecule has 0 aliphatic heterocycles. The maximum atomic E-state index is 13.1.